The molecule has 0 radical (unpaired) electrons. The summed E-state index contributed by atoms with van der Waals surface area (Å²) in [7, 11) is 1.81. The maximum absolute atomic E-state index is 12.1. The van der Waals surface area contributed by atoms with Crippen molar-refractivity contribution in [2.75, 3.05) is 26.7 Å². The molecule has 0 spiro atoms. The molecule has 0 aromatic carbocycles. The Labute approximate surface area is 100 Å². The van der Waals surface area contributed by atoms with Crippen molar-refractivity contribution in [2.24, 2.45) is 0 Å². The molecule has 0 aromatic heterocycles. The lowest BCUT2D eigenvalue weighted by Crippen LogP contribution is -2.50. The number of urea groups is 1. The number of carbonyl (C=O) groups is 2. The van der Waals surface area contributed by atoms with Crippen molar-refractivity contribution >= 4 is 12.0 Å². The number of ether oxygens (including phenoxy) is 1. The van der Waals surface area contributed by atoms with Crippen molar-refractivity contribution in [1.29, 1.82) is 0 Å². The summed E-state index contributed by atoms with van der Waals surface area (Å²) < 4.78 is 5.33. The lowest BCUT2D eigenvalue weighted by Gasteiger charge is -2.35. The van der Waals surface area contributed by atoms with Gasteiger partial charge in [-0.1, -0.05) is 0 Å². The van der Waals surface area contributed by atoms with E-state index in [0.29, 0.717) is 25.7 Å². The van der Waals surface area contributed by atoms with Crippen LogP contribution < -0.4 is 0 Å². The smallest absolute Gasteiger partial charge is 0.320 e. The van der Waals surface area contributed by atoms with Gasteiger partial charge in [0.15, 0.2) is 0 Å². The molecule has 1 atom stereocenters. The number of carbonyl (C=O) groups excluding carboxylic acids is 1. The number of carboxylic acids is 1. The van der Waals surface area contributed by atoms with E-state index in [1.807, 2.05) is 7.05 Å². The van der Waals surface area contributed by atoms with Gasteiger partial charge in [-0.25, -0.2) is 4.79 Å². The van der Waals surface area contributed by atoms with E-state index in [1.54, 1.807) is 9.80 Å². The highest BCUT2D eigenvalue weighted by Crippen LogP contribution is 2.26. The average Bonchev–Trinajstić information content (AvgIpc) is 3.10. The molecule has 2 amide bonds. The van der Waals surface area contributed by atoms with E-state index in [-0.39, 0.29) is 18.6 Å². The van der Waals surface area contributed by atoms with Crippen molar-refractivity contribution in [2.45, 2.75) is 31.4 Å². The third kappa shape index (κ3) is 3.09. The van der Waals surface area contributed by atoms with Gasteiger partial charge in [0.25, 0.3) is 0 Å². The number of hydrogen-bond donors (Lipinski definition) is 1. The van der Waals surface area contributed by atoms with Gasteiger partial charge in [0, 0.05) is 26.2 Å². The van der Waals surface area contributed by atoms with E-state index < -0.39 is 5.97 Å². The van der Waals surface area contributed by atoms with Crippen molar-refractivity contribution < 1.29 is 19.4 Å². The minimum absolute atomic E-state index is 0.00816. The molecule has 1 unspecified atom stereocenters. The van der Waals surface area contributed by atoms with Crippen molar-refractivity contribution in [3.63, 3.8) is 0 Å². The number of aliphatic carboxylic acids is 1. The Morgan fingerprint density at radius 2 is 2.18 bits per heavy atom. The number of carboxylic acid groups (broad SMARTS) is 1. The Morgan fingerprint density at radius 3 is 2.76 bits per heavy atom. The van der Waals surface area contributed by atoms with Gasteiger partial charge >= 0.3 is 12.0 Å². The van der Waals surface area contributed by atoms with Crippen LogP contribution in [0.15, 0.2) is 0 Å². The van der Waals surface area contributed by atoms with Crippen LogP contribution in [0.4, 0.5) is 4.79 Å². The first-order valence-corrected chi connectivity index (χ1v) is 5.93. The Balaban J connectivity index is 1.87. The second kappa shape index (κ2) is 4.91. The van der Waals surface area contributed by atoms with Gasteiger partial charge in [-0.05, 0) is 12.8 Å². The molecule has 1 aliphatic heterocycles. The van der Waals surface area contributed by atoms with Gasteiger partial charge < -0.3 is 19.6 Å². The third-order valence-corrected chi connectivity index (χ3v) is 3.21. The zero-order valence-electron chi connectivity index (χ0n) is 9.96. The molecule has 96 valence electrons. The maximum atomic E-state index is 12.1. The van der Waals surface area contributed by atoms with Crippen LogP contribution in [0.5, 0.6) is 0 Å². The van der Waals surface area contributed by atoms with Gasteiger partial charge in [0.1, 0.15) is 0 Å². The van der Waals surface area contributed by atoms with Gasteiger partial charge in [-0.15, -0.1) is 0 Å². The third-order valence-electron chi connectivity index (χ3n) is 3.21. The Kier molecular flexibility index (Phi) is 3.51. The Bertz CT molecular complexity index is 317. The summed E-state index contributed by atoms with van der Waals surface area (Å²) in [5.41, 5.74) is 0. The minimum atomic E-state index is -0.889. The fourth-order valence-corrected chi connectivity index (χ4v) is 2.05. The maximum Gasteiger partial charge on any atom is 0.320 e. The van der Waals surface area contributed by atoms with Crippen LogP contribution in [-0.4, -0.2) is 65.8 Å². The SMILES string of the molecule is CN(C(=O)N1CCOC(CC(=O)O)C1)C1CC1. The number of nitrogens with zero attached hydrogens (tertiary/aromatic N) is 2. The molecule has 1 aliphatic carbocycles. The zero-order chi connectivity index (χ0) is 12.4. The molecule has 1 N–H and O–H groups in total. The summed E-state index contributed by atoms with van der Waals surface area (Å²) in [6.45, 7) is 1.34. The predicted octanol–water partition coefficient (Wildman–Crippen LogP) is 0.376. The predicted molar refractivity (Wildman–Crippen MR) is 59.7 cm³/mol. The van der Waals surface area contributed by atoms with Crippen LogP contribution >= 0.6 is 0 Å². The van der Waals surface area contributed by atoms with Crippen LogP contribution in [0, 0.1) is 0 Å². The minimum Gasteiger partial charge on any atom is -0.481 e. The van der Waals surface area contributed by atoms with Crippen LogP contribution in [-0.2, 0) is 9.53 Å². The molecular formula is C11H18N2O4. The van der Waals surface area contributed by atoms with Crippen LogP contribution in [0.25, 0.3) is 0 Å². The molecule has 1 heterocycles. The molecular weight excluding hydrogens is 224 g/mol. The van der Waals surface area contributed by atoms with E-state index in [2.05, 4.69) is 0 Å². The fraction of sp³-hybridized carbons (Fsp3) is 0.818. The molecule has 17 heavy (non-hydrogen) atoms. The second-order valence-corrected chi connectivity index (χ2v) is 4.66. The van der Waals surface area contributed by atoms with Crippen molar-refractivity contribution in [3.05, 3.63) is 0 Å². The molecule has 2 rings (SSSR count). The summed E-state index contributed by atoms with van der Waals surface area (Å²) >= 11 is 0. The number of rotatable bonds is 3. The van der Waals surface area contributed by atoms with E-state index >= 15 is 0 Å². The standard InChI is InChI=1S/C11H18N2O4/c1-12(8-2-3-8)11(16)13-4-5-17-9(7-13)6-10(14)15/h8-9H,2-7H2,1H3,(H,14,15). The summed E-state index contributed by atoms with van der Waals surface area (Å²) in [5, 5.41) is 8.70. The molecule has 1 saturated heterocycles. The largest absolute Gasteiger partial charge is 0.481 e. The average molecular weight is 242 g/mol. The zero-order valence-corrected chi connectivity index (χ0v) is 9.96. The molecule has 2 fully saturated rings. The van der Waals surface area contributed by atoms with Crippen molar-refractivity contribution in [1.82, 2.24) is 9.80 Å². The van der Waals surface area contributed by atoms with Crippen LogP contribution in [0.2, 0.25) is 0 Å². The summed E-state index contributed by atoms with van der Waals surface area (Å²) in [5.74, 6) is -0.889. The summed E-state index contributed by atoms with van der Waals surface area (Å²) in [6.07, 6.45) is 1.73. The first-order valence-electron chi connectivity index (χ1n) is 5.93. The second-order valence-electron chi connectivity index (χ2n) is 4.66. The molecule has 6 heteroatoms. The van der Waals surface area contributed by atoms with Crippen LogP contribution in [0.1, 0.15) is 19.3 Å². The number of amides is 2. The van der Waals surface area contributed by atoms with Crippen LogP contribution in [0.3, 0.4) is 0 Å². The normalized spacial score (nSPS) is 24.5. The lowest BCUT2D eigenvalue weighted by atomic mass is 10.2. The topological polar surface area (TPSA) is 70.1 Å². The van der Waals surface area contributed by atoms with Gasteiger partial charge in [-0.3, -0.25) is 4.79 Å². The molecule has 6 nitrogen and oxygen atoms in total. The fourth-order valence-electron chi connectivity index (χ4n) is 2.05. The van der Waals surface area contributed by atoms with Crippen molar-refractivity contribution in [3.8, 4) is 0 Å². The quantitative estimate of drug-likeness (QED) is 0.776. The molecule has 2 aliphatic rings. The number of hydrogen-bond acceptors (Lipinski definition) is 3. The van der Waals surface area contributed by atoms with Gasteiger partial charge in [0.05, 0.1) is 19.1 Å². The number of morpholine rings is 1. The molecule has 0 bridgehead atoms. The van der Waals surface area contributed by atoms with E-state index in [1.165, 1.54) is 0 Å². The monoisotopic (exact) mass is 242 g/mol. The van der Waals surface area contributed by atoms with Gasteiger partial charge in [-0.2, -0.15) is 0 Å². The summed E-state index contributed by atoms with van der Waals surface area (Å²) in [6, 6.07) is 0.370. The first kappa shape index (κ1) is 12.2. The molecule has 1 saturated carbocycles. The van der Waals surface area contributed by atoms with E-state index in [4.69, 9.17) is 9.84 Å². The lowest BCUT2D eigenvalue weighted by molar-refractivity contribution is -0.141. The van der Waals surface area contributed by atoms with E-state index in [0.717, 1.165) is 12.8 Å². The first-order chi connectivity index (χ1) is 8.08. The van der Waals surface area contributed by atoms with E-state index in [9.17, 15) is 9.59 Å². The Morgan fingerprint density at radius 1 is 1.47 bits per heavy atom. The highest BCUT2D eigenvalue weighted by molar-refractivity contribution is 5.75. The highest BCUT2D eigenvalue weighted by atomic mass is 16.5. The summed E-state index contributed by atoms with van der Waals surface area (Å²) in [4.78, 5) is 26.1. The highest BCUT2D eigenvalue weighted by Gasteiger charge is 2.34. The Hall–Kier alpha value is -1.30. The molecule has 0 aromatic rings. The van der Waals surface area contributed by atoms with Gasteiger partial charge in [0.2, 0.25) is 0 Å².